The first-order chi connectivity index (χ1) is 8.72. The molecule has 100 valence electrons. The average molecular weight is 271 g/mol. The van der Waals surface area contributed by atoms with Crippen LogP contribution in [0.5, 0.6) is 0 Å². The van der Waals surface area contributed by atoms with Crippen LogP contribution in [0.1, 0.15) is 12.8 Å². The molecule has 1 aromatic heterocycles. The van der Waals surface area contributed by atoms with Gasteiger partial charge in [-0.3, -0.25) is 0 Å². The van der Waals surface area contributed by atoms with Gasteiger partial charge in [0.2, 0.25) is 0 Å². The van der Waals surface area contributed by atoms with Gasteiger partial charge in [-0.25, -0.2) is 9.97 Å². The van der Waals surface area contributed by atoms with Crippen molar-refractivity contribution in [3.8, 4) is 0 Å². The van der Waals surface area contributed by atoms with Crippen LogP contribution in [0.4, 0.5) is 11.5 Å². The fourth-order valence-corrected chi connectivity index (χ4v) is 2.49. The Bertz CT molecular complexity index is 396. The number of ether oxygens (including phenoxy) is 1. The summed E-state index contributed by atoms with van der Waals surface area (Å²) in [6.07, 6.45) is 3.72. The maximum atomic E-state index is 6.06. The largest absolute Gasteiger partial charge is 0.383 e. The number of nitrogens with one attached hydrogen (secondary N) is 1. The number of hydrogen-bond donors (Lipinski definition) is 1. The molecule has 1 saturated heterocycles. The molecule has 0 unspecified atom stereocenters. The molecule has 0 atom stereocenters. The fourth-order valence-electron chi connectivity index (χ4n) is 2.26. The predicted octanol–water partition coefficient (Wildman–Crippen LogP) is 2.03. The summed E-state index contributed by atoms with van der Waals surface area (Å²) in [7, 11) is 3.87. The highest BCUT2D eigenvalue weighted by Crippen LogP contribution is 2.29. The van der Waals surface area contributed by atoms with Crippen LogP contribution in [0.25, 0.3) is 0 Å². The standard InChI is InChI=1S/C12H19ClN4O/c1-14-10-11(13)15-8-16-12(10)17(2)7-9-3-5-18-6-4-9/h8-9,14H,3-7H2,1-2H3. The van der Waals surface area contributed by atoms with Crippen LogP contribution in [-0.2, 0) is 4.74 Å². The summed E-state index contributed by atoms with van der Waals surface area (Å²) in [5.41, 5.74) is 0.786. The third kappa shape index (κ3) is 3.03. The van der Waals surface area contributed by atoms with Crippen molar-refractivity contribution < 1.29 is 4.74 Å². The molecule has 0 spiro atoms. The molecule has 1 fully saturated rings. The molecule has 1 aromatic rings. The highest BCUT2D eigenvalue weighted by atomic mass is 35.5. The number of anilines is 2. The Morgan fingerprint density at radius 3 is 2.83 bits per heavy atom. The molecule has 18 heavy (non-hydrogen) atoms. The van der Waals surface area contributed by atoms with Gasteiger partial charge in [0.1, 0.15) is 12.0 Å². The van der Waals surface area contributed by atoms with Gasteiger partial charge in [0, 0.05) is 33.9 Å². The number of hydrogen-bond acceptors (Lipinski definition) is 5. The number of aromatic nitrogens is 2. The molecular weight excluding hydrogens is 252 g/mol. The summed E-state index contributed by atoms with van der Waals surface area (Å²) in [5, 5.41) is 3.52. The second-order valence-electron chi connectivity index (χ2n) is 4.55. The summed E-state index contributed by atoms with van der Waals surface area (Å²) >= 11 is 6.06. The van der Waals surface area contributed by atoms with E-state index in [1.54, 1.807) is 0 Å². The van der Waals surface area contributed by atoms with E-state index in [0.717, 1.165) is 44.1 Å². The Morgan fingerprint density at radius 1 is 1.44 bits per heavy atom. The van der Waals surface area contributed by atoms with E-state index in [0.29, 0.717) is 11.1 Å². The summed E-state index contributed by atoms with van der Waals surface area (Å²) < 4.78 is 5.37. The molecule has 0 aliphatic carbocycles. The van der Waals surface area contributed by atoms with Crippen molar-refractivity contribution in [3.63, 3.8) is 0 Å². The first-order valence-corrected chi connectivity index (χ1v) is 6.57. The molecule has 1 aliphatic rings. The van der Waals surface area contributed by atoms with Crippen molar-refractivity contribution in [1.82, 2.24) is 9.97 Å². The van der Waals surface area contributed by atoms with Gasteiger partial charge in [-0.15, -0.1) is 0 Å². The third-order valence-electron chi connectivity index (χ3n) is 3.27. The van der Waals surface area contributed by atoms with Gasteiger partial charge in [0.25, 0.3) is 0 Å². The van der Waals surface area contributed by atoms with E-state index < -0.39 is 0 Å². The molecule has 0 radical (unpaired) electrons. The molecule has 5 nitrogen and oxygen atoms in total. The maximum absolute atomic E-state index is 6.06. The first-order valence-electron chi connectivity index (χ1n) is 6.19. The van der Waals surface area contributed by atoms with Crippen molar-refractivity contribution >= 4 is 23.1 Å². The Morgan fingerprint density at radius 2 is 2.17 bits per heavy atom. The highest BCUT2D eigenvalue weighted by molar-refractivity contribution is 6.32. The van der Waals surface area contributed by atoms with E-state index >= 15 is 0 Å². The van der Waals surface area contributed by atoms with E-state index in [1.165, 1.54) is 6.33 Å². The van der Waals surface area contributed by atoms with Crippen LogP contribution >= 0.6 is 11.6 Å². The highest BCUT2D eigenvalue weighted by Gasteiger charge is 2.19. The van der Waals surface area contributed by atoms with Gasteiger partial charge in [0.15, 0.2) is 11.0 Å². The van der Waals surface area contributed by atoms with E-state index in [2.05, 4.69) is 20.2 Å². The summed E-state index contributed by atoms with van der Waals surface area (Å²) in [5.74, 6) is 1.51. The molecule has 1 N–H and O–H groups in total. The lowest BCUT2D eigenvalue weighted by atomic mass is 10.00. The maximum Gasteiger partial charge on any atom is 0.157 e. The lowest BCUT2D eigenvalue weighted by Gasteiger charge is -2.28. The minimum absolute atomic E-state index is 0.460. The smallest absolute Gasteiger partial charge is 0.157 e. The van der Waals surface area contributed by atoms with Crippen LogP contribution in [0.2, 0.25) is 5.15 Å². The SMILES string of the molecule is CNc1c(Cl)ncnc1N(C)CC1CCOCC1. The minimum Gasteiger partial charge on any atom is -0.383 e. The molecule has 0 saturated carbocycles. The fraction of sp³-hybridized carbons (Fsp3) is 0.667. The quantitative estimate of drug-likeness (QED) is 0.849. The monoisotopic (exact) mass is 270 g/mol. The van der Waals surface area contributed by atoms with Crippen LogP contribution in [0.3, 0.4) is 0 Å². The number of rotatable bonds is 4. The molecule has 2 rings (SSSR count). The lowest BCUT2D eigenvalue weighted by molar-refractivity contribution is 0.0685. The average Bonchev–Trinajstić information content (AvgIpc) is 2.39. The van der Waals surface area contributed by atoms with Gasteiger partial charge < -0.3 is 15.0 Å². The zero-order valence-electron chi connectivity index (χ0n) is 10.8. The van der Waals surface area contributed by atoms with Crippen molar-refractivity contribution in [2.75, 3.05) is 44.1 Å². The molecule has 0 amide bonds. The van der Waals surface area contributed by atoms with Gasteiger partial charge in [-0.2, -0.15) is 0 Å². The van der Waals surface area contributed by atoms with E-state index in [4.69, 9.17) is 16.3 Å². The van der Waals surface area contributed by atoms with Crippen LogP contribution in [-0.4, -0.2) is 43.8 Å². The van der Waals surface area contributed by atoms with Crippen molar-refractivity contribution in [3.05, 3.63) is 11.5 Å². The zero-order chi connectivity index (χ0) is 13.0. The van der Waals surface area contributed by atoms with Gasteiger partial charge in [-0.05, 0) is 18.8 Å². The van der Waals surface area contributed by atoms with Gasteiger partial charge in [-0.1, -0.05) is 11.6 Å². The minimum atomic E-state index is 0.460. The topological polar surface area (TPSA) is 50.3 Å². The number of halogens is 1. The zero-order valence-corrected chi connectivity index (χ0v) is 11.6. The predicted molar refractivity (Wildman–Crippen MR) is 73.4 cm³/mol. The molecular formula is C12H19ClN4O. The molecule has 0 aromatic carbocycles. The third-order valence-corrected chi connectivity index (χ3v) is 3.55. The summed E-state index contributed by atoms with van der Waals surface area (Å²) in [4.78, 5) is 10.4. The van der Waals surface area contributed by atoms with Crippen molar-refractivity contribution in [1.29, 1.82) is 0 Å². The van der Waals surface area contributed by atoms with Gasteiger partial charge in [0.05, 0.1) is 0 Å². The molecule has 2 heterocycles. The lowest BCUT2D eigenvalue weighted by Crippen LogP contribution is -2.30. The molecule has 0 bridgehead atoms. The summed E-state index contributed by atoms with van der Waals surface area (Å²) in [6.45, 7) is 2.69. The Kier molecular flexibility index (Phi) is 4.60. The first kappa shape index (κ1) is 13.4. The van der Waals surface area contributed by atoms with E-state index in [9.17, 15) is 0 Å². The van der Waals surface area contributed by atoms with E-state index in [1.807, 2.05) is 14.1 Å². The second-order valence-corrected chi connectivity index (χ2v) is 4.91. The van der Waals surface area contributed by atoms with Gasteiger partial charge >= 0.3 is 0 Å². The van der Waals surface area contributed by atoms with Crippen LogP contribution < -0.4 is 10.2 Å². The second kappa shape index (κ2) is 6.20. The molecule has 6 heteroatoms. The molecule has 1 aliphatic heterocycles. The Labute approximate surface area is 113 Å². The normalized spacial score (nSPS) is 16.6. The Balaban J connectivity index is 2.07. The van der Waals surface area contributed by atoms with Crippen molar-refractivity contribution in [2.45, 2.75) is 12.8 Å². The van der Waals surface area contributed by atoms with Crippen molar-refractivity contribution in [2.24, 2.45) is 5.92 Å². The Hall–Kier alpha value is -1.07. The van der Waals surface area contributed by atoms with Crippen LogP contribution in [0, 0.1) is 5.92 Å². The van der Waals surface area contributed by atoms with E-state index in [-0.39, 0.29) is 0 Å². The number of nitrogens with zero attached hydrogens (tertiary/aromatic N) is 3. The van der Waals surface area contributed by atoms with Crippen LogP contribution in [0.15, 0.2) is 6.33 Å². The summed E-state index contributed by atoms with van der Waals surface area (Å²) in [6, 6.07) is 0.